The second-order valence-electron chi connectivity index (χ2n) is 5.69. The Bertz CT molecular complexity index is 622. The van der Waals surface area contributed by atoms with Crippen molar-refractivity contribution in [2.24, 2.45) is 0 Å². The van der Waals surface area contributed by atoms with Crippen molar-refractivity contribution in [1.29, 1.82) is 0 Å². The standard InChI is InChI=1S/C19H25BrN2O5/c1-26-18(24)17(22-14-23)11-16(12-20)9-5-6-10-21-19(25)27-13-15-7-3-2-4-8-15/h2-4,7-8,11,14,17H,5-6,9-10,12-13H2,1H3,(H,21,25)(H,22,23). The molecule has 2 amide bonds. The van der Waals surface area contributed by atoms with E-state index >= 15 is 0 Å². The van der Waals surface area contributed by atoms with E-state index in [2.05, 4.69) is 31.3 Å². The van der Waals surface area contributed by atoms with Crippen LogP contribution in [-0.4, -0.2) is 43.5 Å². The van der Waals surface area contributed by atoms with E-state index in [9.17, 15) is 14.4 Å². The van der Waals surface area contributed by atoms with Gasteiger partial charge in [0.25, 0.3) is 0 Å². The first-order valence-corrected chi connectivity index (χ1v) is 9.70. The fraction of sp³-hybridized carbons (Fsp3) is 0.421. The lowest BCUT2D eigenvalue weighted by Gasteiger charge is -2.12. The Hall–Kier alpha value is -2.35. The Balaban J connectivity index is 2.27. The van der Waals surface area contributed by atoms with Crippen molar-refractivity contribution in [3.8, 4) is 0 Å². The first-order chi connectivity index (χ1) is 13.1. The molecule has 0 aromatic heterocycles. The summed E-state index contributed by atoms with van der Waals surface area (Å²) in [5.74, 6) is -0.525. The molecule has 0 aliphatic heterocycles. The van der Waals surface area contributed by atoms with E-state index in [0.717, 1.165) is 30.4 Å². The van der Waals surface area contributed by atoms with Crippen molar-refractivity contribution in [2.45, 2.75) is 31.9 Å². The lowest BCUT2D eigenvalue weighted by atomic mass is 10.1. The van der Waals surface area contributed by atoms with Crippen LogP contribution in [0.5, 0.6) is 0 Å². The topological polar surface area (TPSA) is 93.7 Å². The number of alkyl halides is 1. The minimum atomic E-state index is -0.800. The maximum atomic E-state index is 11.7. The quantitative estimate of drug-likeness (QED) is 0.171. The highest BCUT2D eigenvalue weighted by molar-refractivity contribution is 9.09. The summed E-state index contributed by atoms with van der Waals surface area (Å²) in [6.45, 7) is 0.734. The van der Waals surface area contributed by atoms with Crippen LogP contribution in [0.15, 0.2) is 42.0 Å². The maximum absolute atomic E-state index is 11.7. The second kappa shape index (κ2) is 13.8. The molecule has 148 valence electrons. The number of hydrogen-bond donors (Lipinski definition) is 2. The van der Waals surface area contributed by atoms with Crippen LogP contribution in [0.2, 0.25) is 0 Å². The van der Waals surface area contributed by atoms with Gasteiger partial charge in [-0.1, -0.05) is 57.9 Å². The molecule has 0 heterocycles. The number of alkyl carbamates (subject to hydrolysis) is 1. The minimum Gasteiger partial charge on any atom is -0.467 e. The molecule has 0 aliphatic rings. The van der Waals surface area contributed by atoms with Crippen molar-refractivity contribution in [1.82, 2.24) is 10.6 Å². The van der Waals surface area contributed by atoms with Crippen LogP contribution in [0, 0.1) is 0 Å². The molecule has 7 nitrogen and oxygen atoms in total. The number of unbranched alkanes of at least 4 members (excludes halogenated alkanes) is 1. The highest BCUT2D eigenvalue weighted by atomic mass is 79.9. The van der Waals surface area contributed by atoms with Gasteiger partial charge in [0.15, 0.2) is 0 Å². The summed E-state index contributed by atoms with van der Waals surface area (Å²) >= 11 is 3.38. The number of methoxy groups -OCH3 is 1. The van der Waals surface area contributed by atoms with Gasteiger partial charge in [-0.3, -0.25) is 4.79 Å². The Morgan fingerprint density at radius 3 is 2.59 bits per heavy atom. The number of esters is 1. The van der Waals surface area contributed by atoms with Gasteiger partial charge in [0.2, 0.25) is 6.41 Å². The Morgan fingerprint density at radius 2 is 1.96 bits per heavy atom. The summed E-state index contributed by atoms with van der Waals surface area (Å²) < 4.78 is 9.79. The molecule has 1 atom stereocenters. The van der Waals surface area contributed by atoms with Gasteiger partial charge < -0.3 is 20.1 Å². The van der Waals surface area contributed by atoms with Crippen LogP contribution < -0.4 is 10.6 Å². The molecule has 27 heavy (non-hydrogen) atoms. The smallest absolute Gasteiger partial charge is 0.407 e. The molecule has 0 saturated heterocycles. The van der Waals surface area contributed by atoms with Crippen LogP contribution in [0.25, 0.3) is 0 Å². The minimum absolute atomic E-state index is 0.238. The van der Waals surface area contributed by atoms with Crippen LogP contribution in [0.1, 0.15) is 24.8 Å². The predicted molar refractivity (Wildman–Crippen MR) is 105 cm³/mol. The van der Waals surface area contributed by atoms with Crippen LogP contribution >= 0.6 is 15.9 Å². The second-order valence-corrected chi connectivity index (χ2v) is 6.25. The zero-order valence-corrected chi connectivity index (χ0v) is 16.9. The number of rotatable bonds is 12. The summed E-state index contributed by atoms with van der Waals surface area (Å²) in [6.07, 6.45) is 3.99. The zero-order valence-electron chi connectivity index (χ0n) is 15.3. The molecule has 0 bridgehead atoms. The van der Waals surface area contributed by atoms with Crippen molar-refractivity contribution >= 4 is 34.4 Å². The lowest BCUT2D eigenvalue weighted by molar-refractivity contribution is -0.142. The monoisotopic (exact) mass is 440 g/mol. The van der Waals surface area contributed by atoms with Gasteiger partial charge in [0.05, 0.1) is 7.11 Å². The third-order valence-corrected chi connectivity index (χ3v) is 4.40. The van der Waals surface area contributed by atoms with E-state index in [-0.39, 0.29) is 6.61 Å². The van der Waals surface area contributed by atoms with Crippen LogP contribution in [-0.2, 0) is 25.7 Å². The number of allylic oxidation sites excluding steroid dienone is 1. The summed E-state index contributed by atoms with van der Waals surface area (Å²) in [6, 6.07) is 8.67. The number of nitrogens with one attached hydrogen (secondary N) is 2. The highest BCUT2D eigenvalue weighted by Gasteiger charge is 2.16. The van der Waals surface area contributed by atoms with Crippen molar-refractivity contribution in [2.75, 3.05) is 19.0 Å². The number of ether oxygens (including phenoxy) is 2. The fourth-order valence-corrected chi connectivity index (χ4v) is 2.72. The highest BCUT2D eigenvalue weighted by Crippen LogP contribution is 2.12. The predicted octanol–water partition coefficient (Wildman–Crippen LogP) is 2.69. The number of amides is 2. The number of hydrogen-bond acceptors (Lipinski definition) is 5. The molecule has 1 aromatic carbocycles. The largest absolute Gasteiger partial charge is 0.467 e. The molecule has 0 aliphatic carbocycles. The maximum Gasteiger partial charge on any atom is 0.407 e. The van der Waals surface area contributed by atoms with Gasteiger partial charge in [-0.05, 0) is 24.8 Å². The van der Waals surface area contributed by atoms with Crippen LogP contribution in [0.4, 0.5) is 4.79 Å². The summed E-state index contributed by atoms with van der Waals surface area (Å²) in [7, 11) is 1.27. The van der Waals surface area contributed by atoms with E-state index in [4.69, 9.17) is 4.74 Å². The first-order valence-electron chi connectivity index (χ1n) is 8.58. The molecular formula is C19H25BrN2O5. The van der Waals surface area contributed by atoms with Gasteiger partial charge in [0, 0.05) is 11.9 Å². The lowest BCUT2D eigenvalue weighted by Crippen LogP contribution is -2.35. The SMILES string of the molecule is COC(=O)C(C=C(CBr)CCCCNC(=O)OCc1ccccc1)NC=O. The fourth-order valence-electron chi connectivity index (χ4n) is 2.26. The van der Waals surface area contributed by atoms with Crippen molar-refractivity contribution < 1.29 is 23.9 Å². The van der Waals surface area contributed by atoms with Crippen LogP contribution in [0.3, 0.4) is 0 Å². The third-order valence-electron chi connectivity index (χ3n) is 3.68. The number of halogens is 1. The van der Waals surface area contributed by atoms with E-state index < -0.39 is 18.1 Å². The number of carbonyl (C=O) groups excluding carboxylic acids is 3. The van der Waals surface area contributed by atoms with Gasteiger partial charge >= 0.3 is 12.1 Å². The van der Waals surface area contributed by atoms with Crippen molar-refractivity contribution in [3.63, 3.8) is 0 Å². The normalized spacial score (nSPS) is 12.0. The summed E-state index contributed by atoms with van der Waals surface area (Å²) in [5, 5.41) is 5.70. The molecule has 8 heteroatoms. The van der Waals surface area contributed by atoms with Gasteiger partial charge in [-0.25, -0.2) is 9.59 Å². The number of benzene rings is 1. The molecule has 1 unspecified atom stereocenters. The molecule has 0 fully saturated rings. The summed E-state index contributed by atoms with van der Waals surface area (Å²) in [5.41, 5.74) is 1.90. The molecule has 1 rings (SSSR count). The average molecular weight is 441 g/mol. The molecule has 2 N–H and O–H groups in total. The Morgan fingerprint density at radius 1 is 1.22 bits per heavy atom. The third kappa shape index (κ3) is 9.79. The first kappa shape index (κ1) is 22.7. The van der Waals surface area contributed by atoms with Crippen molar-refractivity contribution in [3.05, 3.63) is 47.5 Å². The van der Waals surface area contributed by atoms with Gasteiger partial charge in [0.1, 0.15) is 12.6 Å². The number of carbonyl (C=O) groups is 3. The summed E-state index contributed by atoms with van der Waals surface area (Å²) in [4.78, 5) is 33.9. The average Bonchev–Trinajstić information content (AvgIpc) is 2.70. The Kier molecular flexibility index (Phi) is 11.6. The Labute approximate surface area is 167 Å². The molecule has 0 saturated carbocycles. The molecule has 1 aromatic rings. The van der Waals surface area contributed by atoms with E-state index in [1.165, 1.54) is 7.11 Å². The van der Waals surface area contributed by atoms with E-state index in [0.29, 0.717) is 18.3 Å². The van der Waals surface area contributed by atoms with E-state index in [1.807, 2.05) is 30.3 Å². The molecule has 0 spiro atoms. The molecule has 0 radical (unpaired) electrons. The van der Waals surface area contributed by atoms with Gasteiger partial charge in [-0.2, -0.15) is 0 Å². The van der Waals surface area contributed by atoms with E-state index in [1.54, 1.807) is 6.08 Å². The zero-order chi connectivity index (χ0) is 19.9. The molecular weight excluding hydrogens is 416 g/mol. The van der Waals surface area contributed by atoms with Gasteiger partial charge in [-0.15, -0.1) is 0 Å².